The largest absolute Gasteiger partial charge is 0.496 e. The Kier molecular flexibility index (Phi) is 6.93. The Bertz CT molecular complexity index is 604. The van der Waals surface area contributed by atoms with Crippen LogP contribution in [0.25, 0.3) is 0 Å². The second kappa shape index (κ2) is 8.94. The number of hydrogen-bond donors (Lipinski definition) is 1. The third-order valence-corrected chi connectivity index (χ3v) is 4.74. The fourth-order valence-electron chi connectivity index (χ4n) is 3.64. The second-order valence-corrected chi connectivity index (χ2v) is 6.18. The van der Waals surface area contributed by atoms with E-state index in [1.807, 2.05) is 6.07 Å². The molecule has 1 aromatic carbocycles. The SMILES string of the molecule is CCCNCc1cc(OC)c2c(c1OC)CCN(C(=O)OC)C2CC. The topological polar surface area (TPSA) is 60.0 Å². The summed E-state index contributed by atoms with van der Waals surface area (Å²) >= 11 is 0. The molecule has 0 saturated carbocycles. The van der Waals surface area contributed by atoms with Gasteiger partial charge in [-0.15, -0.1) is 0 Å². The summed E-state index contributed by atoms with van der Waals surface area (Å²) in [5.74, 6) is 1.71. The fourth-order valence-corrected chi connectivity index (χ4v) is 3.64. The number of rotatable bonds is 7. The van der Waals surface area contributed by atoms with Gasteiger partial charge in [0, 0.05) is 29.8 Å². The average molecular weight is 350 g/mol. The maximum Gasteiger partial charge on any atom is 0.410 e. The van der Waals surface area contributed by atoms with E-state index in [4.69, 9.17) is 14.2 Å². The molecule has 0 spiro atoms. The number of ether oxygens (including phenoxy) is 3. The summed E-state index contributed by atoms with van der Waals surface area (Å²) in [6.45, 7) is 6.52. The maximum absolute atomic E-state index is 12.2. The minimum absolute atomic E-state index is 0.0716. The summed E-state index contributed by atoms with van der Waals surface area (Å²) in [7, 11) is 4.80. The highest BCUT2D eigenvalue weighted by molar-refractivity contribution is 5.70. The zero-order chi connectivity index (χ0) is 18.4. The van der Waals surface area contributed by atoms with Crippen LogP contribution in [0.5, 0.6) is 11.5 Å². The number of carbonyl (C=O) groups excluding carboxylic acids is 1. The van der Waals surface area contributed by atoms with Gasteiger partial charge in [-0.3, -0.25) is 0 Å². The molecule has 25 heavy (non-hydrogen) atoms. The van der Waals surface area contributed by atoms with Crippen LogP contribution in [-0.4, -0.2) is 45.4 Å². The van der Waals surface area contributed by atoms with E-state index in [0.717, 1.165) is 60.5 Å². The number of nitrogens with zero attached hydrogens (tertiary/aromatic N) is 1. The van der Waals surface area contributed by atoms with Crippen molar-refractivity contribution in [2.24, 2.45) is 0 Å². The lowest BCUT2D eigenvalue weighted by Crippen LogP contribution is -2.40. The number of fused-ring (bicyclic) bond motifs is 1. The quantitative estimate of drug-likeness (QED) is 0.765. The molecule has 1 atom stereocenters. The normalized spacial score (nSPS) is 16.4. The Labute approximate surface area is 150 Å². The van der Waals surface area contributed by atoms with Crippen molar-refractivity contribution in [3.8, 4) is 11.5 Å². The van der Waals surface area contributed by atoms with Crippen LogP contribution in [0.1, 0.15) is 49.4 Å². The Hall–Kier alpha value is -1.95. The van der Waals surface area contributed by atoms with Crippen molar-refractivity contribution in [3.05, 3.63) is 22.8 Å². The summed E-state index contributed by atoms with van der Waals surface area (Å²) in [6, 6.07) is 1.96. The first-order chi connectivity index (χ1) is 12.1. The van der Waals surface area contributed by atoms with Crippen molar-refractivity contribution in [2.75, 3.05) is 34.4 Å². The van der Waals surface area contributed by atoms with Gasteiger partial charge in [0.15, 0.2) is 0 Å². The number of hydrogen-bond acceptors (Lipinski definition) is 5. The van der Waals surface area contributed by atoms with Gasteiger partial charge in [-0.05, 0) is 31.9 Å². The molecule has 0 fully saturated rings. The van der Waals surface area contributed by atoms with E-state index in [1.165, 1.54) is 7.11 Å². The first-order valence-corrected chi connectivity index (χ1v) is 8.94. The summed E-state index contributed by atoms with van der Waals surface area (Å²) in [5, 5.41) is 3.43. The van der Waals surface area contributed by atoms with Crippen molar-refractivity contribution in [2.45, 2.75) is 45.7 Å². The molecule has 1 aliphatic rings. The van der Waals surface area contributed by atoms with Crippen LogP contribution in [0, 0.1) is 0 Å². The lowest BCUT2D eigenvalue weighted by molar-refractivity contribution is 0.0983. The third kappa shape index (κ3) is 3.84. The Morgan fingerprint density at radius 3 is 2.60 bits per heavy atom. The summed E-state index contributed by atoms with van der Waals surface area (Å²) in [5.41, 5.74) is 3.27. The molecule has 1 aliphatic heterocycles. The van der Waals surface area contributed by atoms with Crippen molar-refractivity contribution in [1.29, 1.82) is 0 Å². The molecule has 2 rings (SSSR count). The van der Waals surface area contributed by atoms with Crippen LogP contribution >= 0.6 is 0 Å². The standard InChI is InChI=1S/C19H30N2O4/c1-6-9-20-12-13-11-16(23-3)17-14(18(13)24-4)8-10-21(15(17)7-2)19(22)25-5/h11,15,20H,6-10,12H2,1-5H3. The highest BCUT2D eigenvalue weighted by Crippen LogP contribution is 2.44. The van der Waals surface area contributed by atoms with Crippen LogP contribution in [0.2, 0.25) is 0 Å². The van der Waals surface area contributed by atoms with Crippen molar-refractivity contribution >= 4 is 6.09 Å². The van der Waals surface area contributed by atoms with Gasteiger partial charge in [-0.1, -0.05) is 13.8 Å². The molecule has 1 unspecified atom stereocenters. The molecule has 1 N–H and O–H groups in total. The van der Waals surface area contributed by atoms with E-state index in [-0.39, 0.29) is 12.1 Å². The molecule has 6 heteroatoms. The molecule has 0 aliphatic carbocycles. The van der Waals surface area contributed by atoms with Crippen LogP contribution in [0.15, 0.2) is 6.07 Å². The molecule has 0 aromatic heterocycles. The first-order valence-electron chi connectivity index (χ1n) is 8.94. The zero-order valence-corrected chi connectivity index (χ0v) is 16.0. The van der Waals surface area contributed by atoms with E-state index in [1.54, 1.807) is 19.1 Å². The molecule has 1 aromatic rings. The number of nitrogens with one attached hydrogen (secondary N) is 1. The molecule has 6 nitrogen and oxygen atoms in total. The van der Waals surface area contributed by atoms with Crippen LogP contribution in [0.3, 0.4) is 0 Å². The van der Waals surface area contributed by atoms with Crippen molar-refractivity contribution < 1.29 is 19.0 Å². The first kappa shape index (κ1) is 19.4. The molecular weight excluding hydrogens is 320 g/mol. The maximum atomic E-state index is 12.2. The van der Waals surface area contributed by atoms with Gasteiger partial charge in [-0.2, -0.15) is 0 Å². The highest BCUT2D eigenvalue weighted by Gasteiger charge is 2.35. The summed E-state index contributed by atoms with van der Waals surface area (Å²) in [6.07, 6.45) is 2.29. The van der Waals surface area contributed by atoms with E-state index in [9.17, 15) is 4.79 Å². The summed E-state index contributed by atoms with van der Waals surface area (Å²) < 4.78 is 16.4. The van der Waals surface area contributed by atoms with Gasteiger partial charge in [0.1, 0.15) is 11.5 Å². The lowest BCUT2D eigenvalue weighted by Gasteiger charge is -2.37. The van der Waals surface area contributed by atoms with Gasteiger partial charge < -0.3 is 24.4 Å². The minimum Gasteiger partial charge on any atom is -0.496 e. The zero-order valence-electron chi connectivity index (χ0n) is 16.0. The predicted molar refractivity (Wildman–Crippen MR) is 97.4 cm³/mol. The van der Waals surface area contributed by atoms with E-state index < -0.39 is 0 Å². The monoisotopic (exact) mass is 350 g/mol. The van der Waals surface area contributed by atoms with Gasteiger partial charge >= 0.3 is 6.09 Å². The van der Waals surface area contributed by atoms with Gasteiger partial charge in [-0.25, -0.2) is 4.79 Å². The van der Waals surface area contributed by atoms with Crippen molar-refractivity contribution in [3.63, 3.8) is 0 Å². The Balaban J connectivity index is 2.51. The third-order valence-electron chi connectivity index (χ3n) is 4.74. The predicted octanol–water partition coefficient (Wildman–Crippen LogP) is 3.28. The van der Waals surface area contributed by atoms with E-state index in [0.29, 0.717) is 6.54 Å². The molecule has 1 amide bonds. The van der Waals surface area contributed by atoms with E-state index >= 15 is 0 Å². The fraction of sp³-hybridized carbons (Fsp3) is 0.632. The number of benzene rings is 1. The number of methoxy groups -OCH3 is 3. The minimum atomic E-state index is -0.299. The smallest absolute Gasteiger partial charge is 0.410 e. The van der Waals surface area contributed by atoms with Crippen LogP contribution in [-0.2, 0) is 17.7 Å². The average Bonchev–Trinajstić information content (AvgIpc) is 2.65. The van der Waals surface area contributed by atoms with Crippen LogP contribution < -0.4 is 14.8 Å². The molecule has 0 radical (unpaired) electrons. The molecule has 0 saturated heterocycles. The van der Waals surface area contributed by atoms with Crippen LogP contribution in [0.4, 0.5) is 4.79 Å². The summed E-state index contributed by atoms with van der Waals surface area (Å²) in [4.78, 5) is 13.9. The lowest BCUT2D eigenvalue weighted by atomic mass is 9.87. The second-order valence-electron chi connectivity index (χ2n) is 6.18. The number of amides is 1. The molecule has 0 bridgehead atoms. The number of carbonyl (C=O) groups is 1. The van der Waals surface area contributed by atoms with Gasteiger partial charge in [0.2, 0.25) is 0 Å². The Morgan fingerprint density at radius 2 is 2.04 bits per heavy atom. The van der Waals surface area contributed by atoms with E-state index in [2.05, 4.69) is 19.2 Å². The Morgan fingerprint density at radius 1 is 1.28 bits per heavy atom. The highest BCUT2D eigenvalue weighted by atomic mass is 16.5. The molecular formula is C19H30N2O4. The van der Waals surface area contributed by atoms with Crippen molar-refractivity contribution in [1.82, 2.24) is 10.2 Å². The van der Waals surface area contributed by atoms with Gasteiger partial charge in [0.05, 0.1) is 27.4 Å². The molecule has 1 heterocycles. The molecule has 140 valence electrons. The van der Waals surface area contributed by atoms with Gasteiger partial charge in [0.25, 0.3) is 0 Å².